The van der Waals surface area contributed by atoms with E-state index in [4.69, 9.17) is 21.5 Å². The predicted octanol–water partition coefficient (Wildman–Crippen LogP) is 2.36. The summed E-state index contributed by atoms with van der Waals surface area (Å²) in [5, 5.41) is 8.89. The van der Waals surface area contributed by atoms with Gasteiger partial charge in [-0.2, -0.15) is 0 Å². The number of benzene rings is 1. The maximum Gasteiger partial charge on any atom is 0.238 e. The Labute approximate surface area is 124 Å². The van der Waals surface area contributed by atoms with Crippen molar-refractivity contribution in [2.24, 2.45) is 5.14 Å². The number of ether oxygens (including phenoxy) is 1. The number of sulfonamides is 1. The highest BCUT2D eigenvalue weighted by Crippen LogP contribution is 2.30. The van der Waals surface area contributed by atoms with E-state index in [2.05, 4.69) is 5.32 Å². The molecule has 7 heteroatoms. The Balaban J connectivity index is 2.21. The monoisotopic (exact) mass is 318 g/mol. The van der Waals surface area contributed by atoms with Crippen LogP contribution in [0.2, 0.25) is 5.02 Å². The van der Waals surface area contributed by atoms with Gasteiger partial charge in [0.05, 0.1) is 21.2 Å². The zero-order valence-corrected chi connectivity index (χ0v) is 13.1. The molecule has 1 aliphatic heterocycles. The molecule has 1 unspecified atom stereocenters. The van der Waals surface area contributed by atoms with Gasteiger partial charge in [0.15, 0.2) is 0 Å². The molecule has 1 heterocycles. The van der Waals surface area contributed by atoms with E-state index in [0.29, 0.717) is 17.3 Å². The van der Waals surface area contributed by atoms with Crippen LogP contribution < -0.4 is 10.5 Å². The number of nitrogens with two attached hydrogens (primary N) is 1. The van der Waals surface area contributed by atoms with Gasteiger partial charge in [-0.3, -0.25) is 0 Å². The predicted molar refractivity (Wildman–Crippen MR) is 79.5 cm³/mol. The third-order valence-electron chi connectivity index (χ3n) is 3.32. The molecule has 2 rings (SSSR count). The minimum atomic E-state index is -3.73. The highest BCUT2D eigenvalue weighted by molar-refractivity contribution is 7.89. The van der Waals surface area contributed by atoms with Crippen molar-refractivity contribution in [1.29, 1.82) is 0 Å². The normalized spacial score (nSPS) is 22.5. The number of primary sulfonamides is 1. The van der Waals surface area contributed by atoms with Crippen LogP contribution in [0.25, 0.3) is 0 Å². The quantitative estimate of drug-likeness (QED) is 0.896. The third kappa shape index (κ3) is 3.85. The molecular formula is C13H19ClN2O3S. The van der Waals surface area contributed by atoms with Crippen LogP contribution in [0.3, 0.4) is 0 Å². The van der Waals surface area contributed by atoms with E-state index in [9.17, 15) is 8.42 Å². The molecule has 0 saturated carbocycles. The van der Waals surface area contributed by atoms with Crippen LogP contribution in [0.15, 0.2) is 23.1 Å². The van der Waals surface area contributed by atoms with Gasteiger partial charge in [-0.25, -0.2) is 13.6 Å². The van der Waals surface area contributed by atoms with Crippen LogP contribution in [0, 0.1) is 0 Å². The fraction of sp³-hybridized carbons (Fsp3) is 0.538. The van der Waals surface area contributed by atoms with Crippen molar-refractivity contribution < 1.29 is 13.2 Å². The summed E-state index contributed by atoms with van der Waals surface area (Å²) in [5.41, 5.74) is 0.390. The highest BCUT2D eigenvalue weighted by Gasteiger charge is 2.29. The van der Waals surface area contributed by atoms with Crippen molar-refractivity contribution in [2.75, 3.05) is 11.9 Å². The average molecular weight is 319 g/mol. The van der Waals surface area contributed by atoms with Crippen LogP contribution in [-0.4, -0.2) is 26.7 Å². The summed E-state index contributed by atoms with van der Waals surface area (Å²) in [5.74, 6) is 0. The number of nitrogens with one attached hydrogen (secondary N) is 1. The fourth-order valence-electron chi connectivity index (χ4n) is 2.37. The molecule has 3 N–H and O–H groups in total. The fourth-order valence-corrected chi connectivity index (χ4v) is 3.08. The zero-order chi connectivity index (χ0) is 15.0. The highest BCUT2D eigenvalue weighted by atomic mass is 35.5. The summed E-state index contributed by atoms with van der Waals surface area (Å²) in [4.78, 5) is 0.0516. The second kappa shape index (κ2) is 5.52. The van der Waals surface area contributed by atoms with Gasteiger partial charge in [0.2, 0.25) is 10.0 Å². The third-order valence-corrected chi connectivity index (χ3v) is 4.56. The molecule has 1 fully saturated rings. The van der Waals surface area contributed by atoms with E-state index < -0.39 is 10.0 Å². The second-order valence-corrected chi connectivity index (χ2v) is 7.60. The number of rotatable bonds is 3. The lowest BCUT2D eigenvalue weighted by atomic mass is 9.94. The van der Waals surface area contributed by atoms with Crippen molar-refractivity contribution in [3.63, 3.8) is 0 Å². The molecule has 0 aromatic heterocycles. The van der Waals surface area contributed by atoms with Gasteiger partial charge in [0, 0.05) is 12.6 Å². The van der Waals surface area contributed by atoms with E-state index in [0.717, 1.165) is 12.8 Å². The molecule has 20 heavy (non-hydrogen) atoms. The summed E-state index contributed by atoms with van der Waals surface area (Å²) >= 11 is 6.11. The molecule has 0 aliphatic carbocycles. The minimum absolute atomic E-state index is 0.0516. The average Bonchev–Trinajstić information content (AvgIpc) is 2.29. The molecule has 112 valence electrons. The van der Waals surface area contributed by atoms with Crippen molar-refractivity contribution in [3.8, 4) is 0 Å². The summed E-state index contributed by atoms with van der Waals surface area (Å²) < 4.78 is 28.4. The number of anilines is 1. The van der Waals surface area contributed by atoms with Crippen LogP contribution in [0.1, 0.15) is 26.7 Å². The number of hydrogen-bond acceptors (Lipinski definition) is 4. The Morgan fingerprint density at radius 3 is 2.75 bits per heavy atom. The van der Waals surface area contributed by atoms with E-state index in [1.807, 2.05) is 13.8 Å². The first-order valence-electron chi connectivity index (χ1n) is 6.40. The lowest BCUT2D eigenvalue weighted by Crippen LogP contribution is -2.40. The molecule has 1 aliphatic rings. The zero-order valence-electron chi connectivity index (χ0n) is 11.5. The van der Waals surface area contributed by atoms with Crippen molar-refractivity contribution in [1.82, 2.24) is 0 Å². The van der Waals surface area contributed by atoms with Crippen molar-refractivity contribution >= 4 is 27.3 Å². The van der Waals surface area contributed by atoms with Gasteiger partial charge >= 0.3 is 0 Å². The Bertz CT molecular complexity index is 602. The summed E-state index contributed by atoms with van der Waals surface area (Å²) in [6, 6.07) is 4.59. The second-order valence-electron chi connectivity index (χ2n) is 5.63. The largest absolute Gasteiger partial charge is 0.381 e. The summed E-state index contributed by atoms with van der Waals surface area (Å²) in [7, 11) is -3.73. The van der Waals surface area contributed by atoms with Crippen molar-refractivity contribution in [3.05, 3.63) is 23.2 Å². The smallest absolute Gasteiger partial charge is 0.238 e. The van der Waals surface area contributed by atoms with E-state index in [1.54, 1.807) is 0 Å². The van der Waals surface area contributed by atoms with Gasteiger partial charge < -0.3 is 10.1 Å². The maximum atomic E-state index is 11.4. The Hall–Kier alpha value is -0.820. The maximum absolute atomic E-state index is 11.4. The van der Waals surface area contributed by atoms with Gasteiger partial charge in [-0.15, -0.1) is 0 Å². The number of hydrogen-bond donors (Lipinski definition) is 2. The Kier molecular flexibility index (Phi) is 4.30. The summed E-state index contributed by atoms with van der Waals surface area (Å²) in [6.45, 7) is 4.73. The lowest BCUT2D eigenvalue weighted by Gasteiger charge is -2.36. The molecule has 0 amide bonds. The van der Waals surface area contributed by atoms with Crippen LogP contribution >= 0.6 is 11.6 Å². The van der Waals surface area contributed by atoms with Gasteiger partial charge in [0.25, 0.3) is 0 Å². The molecule has 0 bridgehead atoms. The molecule has 1 aromatic carbocycles. The molecule has 5 nitrogen and oxygen atoms in total. The molecule has 1 aromatic rings. The first-order valence-corrected chi connectivity index (χ1v) is 8.33. The topological polar surface area (TPSA) is 81.4 Å². The van der Waals surface area contributed by atoms with Crippen LogP contribution in [0.4, 0.5) is 5.69 Å². The van der Waals surface area contributed by atoms with E-state index in [1.165, 1.54) is 18.2 Å². The van der Waals surface area contributed by atoms with E-state index in [-0.39, 0.29) is 16.5 Å². The number of halogens is 1. The Morgan fingerprint density at radius 2 is 2.15 bits per heavy atom. The molecule has 1 atom stereocenters. The van der Waals surface area contributed by atoms with Crippen LogP contribution in [-0.2, 0) is 14.8 Å². The SMILES string of the molecule is CC1(C)CC(Nc2cc(S(N)(=O)=O)ccc2Cl)CCO1. The summed E-state index contributed by atoms with van der Waals surface area (Å²) in [6.07, 6.45) is 1.67. The van der Waals surface area contributed by atoms with Crippen LogP contribution in [0.5, 0.6) is 0 Å². The van der Waals surface area contributed by atoms with Gasteiger partial charge in [-0.05, 0) is 44.9 Å². The first-order chi connectivity index (χ1) is 9.17. The van der Waals surface area contributed by atoms with Crippen molar-refractivity contribution in [2.45, 2.75) is 43.2 Å². The molecule has 1 saturated heterocycles. The van der Waals surface area contributed by atoms with Gasteiger partial charge in [-0.1, -0.05) is 11.6 Å². The minimum Gasteiger partial charge on any atom is -0.381 e. The Morgan fingerprint density at radius 1 is 1.45 bits per heavy atom. The molecule has 0 radical (unpaired) electrons. The molecular weight excluding hydrogens is 300 g/mol. The first kappa shape index (κ1) is 15.6. The van der Waals surface area contributed by atoms with E-state index >= 15 is 0 Å². The standard InChI is InChI=1S/C13H19ClN2O3S/c1-13(2)8-9(5-6-19-13)16-12-7-10(20(15,17)18)3-4-11(12)14/h3-4,7,9,16H,5-6,8H2,1-2H3,(H2,15,17,18). The van der Waals surface area contributed by atoms with Gasteiger partial charge in [0.1, 0.15) is 0 Å². The lowest BCUT2D eigenvalue weighted by molar-refractivity contribution is -0.0553. The molecule has 0 spiro atoms.